The number of halogens is 1. The Kier molecular flexibility index (Phi) is 4.65. The molecule has 0 saturated carbocycles. The molecule has 1 aromatic carbocycles. The van der Waals surface area contributed by atoms with Gasteiger partial charge in [-0.25, -0.2) is 14.2 Å². The summed E-state index contributed by atoms with van der Waals surface area (Å²) in [6.45, 7) is 3.53. The minimum absolute atomic E-state index is 0.0105. The molecule has 0 atom stereocenters. The number of aromatic nitrogens is 2. The van der Waals surface area contributed by atoms with Crippen molar-refractivity contribution in [2.24, 2.45) is 0 Å². The molecule has 0 spiro atoms. The Hall–Kier alpha value is -2.74. The highest BCUT2D eigenvalue weighted by Gasteiger charge is 2.26. The molecular weight excluding hydrogens is 367 g/mol. The highest BCUT2D eigenvalue weighted by molar-refractivity contribution is 7.18. The Labute approximate surface area is 159 Å². The van der Waals surface area contributed by atoms with E-state index in [-0.39, 0.29) is 17.3 Å². The normalized spacial score (nSPS) is 13.6. The molecular formula is C19H19FN4O2S. The van der Waals surface area contributed by atoms with Gasteiger partial charge in [0.25, 0.3) is 5.56 Å². The van der Waals surface area contributed by atoms with Gasteiger partial charge in [0, 0.05) is 18.0 Å². The Morgan fingerprint density at radius 2 is 2.19 bits per heavy atom. The second kappa shape index (κ2) is 7.11. The number of amides is 2. The van der Waals surface area contributed by atoms with Gasteiger partial charge in [-0.1, -0.05) is 19.1 Å². The number of urea groups is 1. The molecule has 140 valence electrons. The van der Waals surface area contributed by atoms with Crippen LogP contribution in [-0.2, 0) is 19.5 Å². The summed E-state index contributed by atoms with van der Waals surface area (Å²) in [5, 5.41) is 3.30. The lowest BCUT2D eigenvalue weighted by Gasteiger charge is -2.27. The van der Waals surface area contributed by atoms with Crippen LogP contribution >= 0.6 is 11.3 Å². The minimum Gasteiger partial charge on any atom is -0.319 e. The molecule has 27 heavy (non-hydrogen) atoms. The number of thiophene rings is 1. The molecule has 1 aliphatic heterocycles. The maximum Gasteiger partial charge on any atom is 0.322 e. The molecule has 0 aliphatic carbocycles. The molecule has 1 N–H and O–H groups in total. The van der Waals surface area contributed by atoms with Crippen molar-refractivity contribution in [3.8, 4) is 0 Å². The fourth-order valence-electron chi connectivity index (χ4n) is 3.35. The molecule has 0 radical (unpaired) electrons. The van der Waals surface area contributed by atoms with Crippen LogP contribution in [0.4, 0.5) is 14.9 Å². The number of nitrogens with one attached hydrogen (secondary N) is 1. The van der Waals surface area contributed by atoms with Gasteiger partial charge < -0.3 is 10.2 Å². The molecule has 3 aromatic rings. The fourth-order valence-corrected chi connectivity index (χ4v) is 4.54. The molecule has 8 heteroatoms. The van der Waals surface area contributed by atoms with Crippen LogP contribution in [0.15, 0.2) is 35.4 Å². The summed E-state index contributed by atoms with van der Waals surface area (Å²) in [6, 6.07) is 5.74. The number of aryl methyl sites for hydroxylation is 1. The quantitative estimate of drug-likeness (QED) is 0.748. The standard InChI is InChI=1S/C19H19FN4O2S/c1-2-8-24-11-21-17-16(18(24)25)12-7-9-23(10-15(12)27-17)19(26)22-14-6-4-3-5-13(14)20/h3-6,11H,2,7-10H2,1H3,(H,22,26). The van der Waals surface area contributed by atoms with Gasteiger partial charge in [-0.3, -0.25) is 9.36 Å². The third-order valence-corrected chi connectivity index (χ3v) is 5.82. The van der Waals surface area contributed by atoms with Crippen LogP contribution in [0.25, 0.3) is 10.2 Å². The van der Waals surface area contributed by atoms with Crippen molar-refractivity contribution in [3.05, 3.63) is 57.2 Å². The topological polar surface area (TPSA) is 67.2 Å². The lowest BCUT2D eigenvalue weighted by molar-refractivity contribution is 0.207. The number of hydrogen-bond acceptors (Lipinski definition) is 4. The van der Waals surface area contributed by atoms with E-state index in [2.05, 4.69) is 10.3 Å². The summed E-state index contributed by atoms with van der Waals surface area (Å²) < 4.78 is 15.4. The van der Waals surface area contributed by atoms with E-state index in [9.17, 15) is 14.0 Å². The second-order valence-electron chi connectivity index (χ2n) is 6.51. The van der Waals surface area contributed by atoms with Crippen molar-refractivity contribution in [2.75, 3.05) is 11.9 Å². The number of rotatable bonds is 3. The van der Waals surface area contributed by atoms with E-state index in [1.165, 1.54) is 23.5 Å². The predicted molar refractivity (Wildman–Crippen MR) is 104 cm³/mol. The summed E-state index contributed by atoms with van der Waals surface area (Å²) in [7, 11) is 0. The monoisotopic (exact) mass is 386 g/mol. The van der Waals surface area contributed by atoms with Crippen LogP contribution in [0.3, 0.4) is 0 Å². The maximum atomic E-state index is 13.8. The SMILES string of the molecule is CCCn1cnc2sc3c(c2c1=O)CCN(C(=O)Nc1ccccc1F)C3. The van der Waals surface area contributed by atoms with Gasteiger partial charge in [0.1, 0.15) is 10.6 Å². The average Bonchev–Trinajstić information content (AvgIpc) is 3.04. The van der Waals surface area contributed by atoms with E-state index in [0.717, 1.165) is 16.9 Å². The van der Waals surface area contributed by atoms with Gasteiger partial charge in [-0.05, 0) is 30.5 Å². The Morgan fingerprint density at radius 3 is 2.96 bits per heavy atom. The van der Waals surface area contributed by atoms with Gasteiger partial charge >= 0.3 is 6.03 Å². The van der Waals surface area contributed by atoms with Gasteiger partial charge in [0.15, 0.2) is 0 Å². The zero-order valence-corrected chi connectivity index (χ0v) is 15.7. The van der Waals surface area contributed by atoms with E-state index < -0.39 is 5.82 Å². The van der Waals surface area contributed by atoms with Crippen LogP contribution in [0.2, 0.25) is 0 Å². The van der Waals surface area contributed by atoms with Crippen LogP contribution in [-0.4, -0.2) is 27.0 Å². The Bertz CT molecular complexity index is 1080. The number of benzene rings is 1. The highest BCUT2D eigenvalue weighted by atomic mass is 32.1. The average molecular weight is 386 g/mol. The van der Waals surface area contributed by atoms with Crippen molar-refractivity contribution in [3.63, 3.8) is 0 Å². The van der Waals surface area contributed by atoms with Crippen LogP contribution < -0.4 is 10.9 Å². The van der Waals surface area contributed by atoms with Gasteiger partial charge in [0.05, 0.1) is 23.9 Å². The first-order chi connectivity index (χ1) is 13.1. The van der Waals surface area contributed by atoms with Crippen molar-refractivity contribution < 1.29 is 9.18 Å². The molecule has 6 nitrogen and oxygen atoms in total. The smallest absolute Gasteiger partial charge is 0.319 e. The van der Waals surface area contributed by atoms with Crippen molar-refractivity contribution in [2.45, 2.75) is 32.9 Å². The van der Waals surface area contributed by atoms with Crippen LogP contribution in [0.5, 0.6) is 0 Å². The number of carbonyl (C=O) groups excluding carboxylic acids is 1. The molecule has 0 saturated heterocycles. The van der Waals surface area contributed by atoms with Gasteiger partial charge in [-0.15, -0.1) is 11.3 Å². The first kappa shape index (κ1) is 17.7. The molecule has 2 amide bonds. The zero-order chi connectivity index (χ0) is 19.0. The lowest BCUT2D eigenvalue weighted by Crippen LogP contribution is -2.38. The molecule has 3 heterocycles. The number of anilines is 1. The molecule has 1 aliphatic rings. The lowest BCUT2D eigenvalue weighted by atomic mass is 10.1. The number of nitrogens with zero attached hydrogens (tertiary/aromatic N) is 3. The minimum atomic E-state index is -0.467. The summed E-state index contributed by atoms with van der Waals surface area (Å²) >= 11 is 1.45. The predicted octanol–water partition coefficient (Wildman–Crippen LogP) is 3.60. The first-order valence-electron chi connectivity index (χ1n) is 8.88. The maximum absolute atomic E-state index is 13.8. The fraction of sp³-hybridized carbons (Fsp3) is 0.316. The first-order valence-corrected chi connectivity index (χ1v) is 9.70. The molecule has 0 unspecified atom stereocenters. The summed E-state index contributed by atoms with van der Waals surface area (Å²) in [6.07, 6.45) is 3.05. The highest BCUT2D eigenvalue weighted by Crippen LogP contribution is 2.32. The van der Waals surface area contributed by atoms with E-state index in [1.54, 1.807) is 27.9 Å². The summed E-state index contributed by atoms with van der Waals surface area (Å²) in [5.41, 5.74) is 1.14. The second-order valence-corrected chi connectivity index (χ2v) is 7.59. The number of carbonyl (C=O) groups is 1. The number of fused-ring (bicyclic) bond motifs is 3. The van der Waals surface area contributed by atoms with Crippen LogP contribution in [0, 0.1) is 5.82 Å². The Morgan fingerprint density at radius 1 is 1.37 bits per heavy atom. The van der Waals surface area contributed by atoms with E-state index >= 15 is 0 Å². The zero-order valence-electron chi connectivity index (χ0n) is 14.9. The largest absolute Gasteiger partial charge is 0.322 e. The third kappa shape index (κ3) is 3.21. The summed E-state index contributed by atoms with van der Waals surface area (Å²) in [4.78, 5) is 33.0. The number of hydrogen-bond donors (Lipinski definition) is 1. The van der Waals surface area contributed by atoms with E-state index in [4.69, 9.17) is 0 Å². The number of para-hydroxylation sites is 1. The molecule has 0 bridgehead atoms. The summed E-state index contributed by atoms with van der Waals surface area (Å²) in [5.74, 6) is -0.467. The Balaban J connectivity index is 1.60. The van der Waals surface area contributed by atoms with E-state index in [0.29, 0.717) is 36.3 Å². The van der Waals surface area contributed by atoms with Gasteiger partial charge in [0.2, 0.25) is 0 Å². The van der Waals surface area contributed by atoms with E-state index in [1.807, 2.05) is 6.92 Å². The van der Waals surface area contributed by atoms with Gasteiger partial charge in [-0.2, -0.15) is 0 Å². The molecule has 0 fully saturated rings. The van der Waals surface area contributed by atoms with Crippen molar-refractivity contribution in [1.29, 1.82) is 0 Å². The third-order valence-electron chi connectivity index (χ3n) is 4.69. The molecule has 4 rings (SSSR count). The van der Waals surface area contributed by atoms with Crippen molar-refractivity contribution >= 4 is 33.3 Å². The van der Waals surface area contributed by atoms with Crippen LogP contribution in [0.1, 0.15) is 23.8 Å². The molecule has 2 aromatic heterocycles. The van der Waals surface area contributed by atoms with Crippen molar-refractivity contribution in [1.82, 2.24) is 14.5 Å².